The molecule has 1 aliphatic heterocycles. The molecule has 2 heterocycles. The van der Waals surface area contributed by atoms with Crippen molar-refractivity contribution in [3.05, 3.63) is 28.6 Å². The SMILES string of the molecule is CC(C)(c1c(F)c(C#N)nc(C(F)(F)F)c1F)C1CCOCCO1. The summed E-state index contributed by atoms with van der Waals surface area (Å²) < 4.78 is 78.6. The molecule has 0 saturated carbocycles. The average molecular weight is 350 g/mol. The first-order chi connectivity index (χ1) is 11.1. The molecule has 0 radical (unpaired) electrons. The number of hydrogen-bond acceptors (Lipinski definition) is 4. The Balaban J connectivity index is 2.65. The lowest BCUT2D eigenvalue weighted by Crippen LogP contribution is -2.39. The second-order valence-electron chi connectivity index (χ2n) is 5.90. The summed E-state index contributed by atoms with van der Waals surface area (Å²) in [5, 5.41) is 8.85. The monoisotopic (exact) mass is 350 g/mol. The van der Waals surface area contributed by atoms with E-state index in [1.54, 1.807) is 0 Å². The molecule has 0 spiro atoms. The van der Waals surface area contributed by atoms with E-state index < -0.39 is 46.3 Å². The Bertz CT molecular complexity index is 659. The van der Waals surface area contributed by atoms with Crippen LogP contribution in [0.1, 0.15) is 37.2 Å². The van der Waals surface area contributed by atoms with Gasteiger partial charge in [0.15, 0.2) is 23.0 Å². The maximum absolute atomic E-state index is 14.5. The smallest absolute Gasteiger partial charge is 0.379 e. The van der Waals surface area contributed by atoms with Gasteiger partial charge in [0.2, 0.25) is 0 Å². The number of nitriles is 1. The molecule has 2 rings (SSSR count). The molecule has 0 aromatic carbocycles. The van der Waals surface area contributed by atoms with Gasteiger partial charge in [-0.1, -0.05) is 13.8 Å². The van der Waals surface area contributed by atoms with E-state index in [0.29, 0.717) is 0 Å². The Morgan fingerprint density at radius 1 is 1.12 bits per heavy atom. The molecule has 1 unspecified atom stereocenters. The van der Waals surface area contributed by atoms with Crippen molar-refractivity contribution >= 4 is 0 Å². The highest BCUT2D eigenvalue weighted by Gasteiger charge is 2.45. The van der Waals surface area contributed by atoms with Gasteiger partial charge in [-0.2, -0.15) is 18.4 Å². The molecule has 132 valence electrons. The van der Waals surface area contributed by atoms with Crippen LogP contribution in [0.5, 0.6) is 0 Å². The molecule has 0 aliphatic carbocycles. The molecule has 1 fully saturated rings. The molecular formula is C15H15F5N2O2. The third-order valence-corrected chi connectivity index (χ3v) is 3.97. The highest BCUT2D eigenvalue weighted by molar-refractivity contribution is 5.38. The van der Waals surface area contributed by atoms with Gasteiger partial charge in [-0.05, 0) is 6.42 Å². The number of aromatic nitrogens is 1. The van der Waals surface area contributed by atoms with Crippen LogP contribution in [0, 0.1) is 23.0 Å². The van der Waals surface area contributed by atoms with Crippen LogP contribution in [0.4, 0.5) is 22.0 Å². The molecule has 1 saturated heterocycles. The fourth-order valence-electron chi connectivity index (χ4n) is 2.73. The van der Waals surface area contributed by atoms with E-state index >= 15 is 0 Å². The largest absolute Gasteiger partial charge is 0.436 e. The van der Waals surface area contributed by atoms with Gasteiger partial charge in [-0.3, -0.25) is 0 Å². The van der Waals surface area contributed by atoms with Crippen molar-refractivity contribution in [2.45, 2.75) is 38.0 Å². The maximum atomic E-state index is 14.5. The molecule has 1 atom stereocenters. The van der Waals surface area contributed by atoms with Crippen LogP contribution in [0.25, 0.3) is 0 Å². The van der Waals surface area contributed by atoms with Gasteiger partial charge >= 0.3 is 6.18 Å². The maximum Gasteiger partial charge on any atom is 0.436 e. The highest BCUT2D eigenvalue weighted by atomic mass is 19.4. The fraction of sp³-hybridized carbons (Fsp3) is 0.600. The van der Waals surface area contributed by atoms with Crippen molar-refractivity contribution < 1.29 is 31.4 Å². The van der Waals surface area contributed by atoms with Crippen molar-refractivity contribution in [3.8, 4) is 6.07 Å². The molecule has 0 amide bonds. The Morgan fingerprint density at radius 2 is 1.79 bits per heavy atom. The summed E-state index contributed by atoms with van der Waals surface area (Å²) in [4.78, 5) is 2.80. The topological polar surface area (TPSA) is 55.1 Å². The van der Waals surface area contributed by atoms with Crippen LogP contribution >= 0.6 is 0 Å². The lowest BCUT2D eigenvalue weighted by atomic mass is 9.77. The molecule has 1 aromatic heterocycles. The number of rotatable bonds is 2. The Kier molecular flexibility index (Phi) is 5.11. The van der Waals surface area contributed by atoms with Crippen molar-refractivity contribution in [3.63, 3.8) is 0 Å². The molecule has 9 heteroatoms. The minimum atomic E-state index is -5.15. The molecular weight excluding hydrogens is 335 g/mol. The number of pyridine rings is 1. The first-order valence-electron chi connectivity index (χ1n) is 7.16. The minimum absolute atomic E-state index is 0.152. The van der Waals surface area contributed by atoms with Gasteiger partial charge in [0, 0.05) is 17.6 Å². The standard InChI is InChI=1S/C15H15F5N2O2/c1-14(2,9-3-4-23-5-6-24-9)10-11(16)8(7-21)22-13(12(10)17)15(18,19)20/h9H,3-6H2,1-2H3. The zero-order valence-corrected chi connectivity index (χ0v) is 13.0. The van der Waals surface area contributed by atoms with Gasteiger partial charge in [-0.15, -0.1) is 0 Å². The van der Waals surface area contributed by atoms with E-state index in [-0.39, 0.29) is 26.2 Å². The summed E-state index contributed by atoms with van der Waals surface area (Å²) in [5.41, 5.74) is -5.32. The van der Waals surface area contributed by atoms with Crippen LogP contribution < -0.4 is 0 Å². The minimum Gasteiger partial charge on any atom is -0.379 e. The van der Waals surface area contributed by atoms with Crippen LogP contribution in [0.15, 0.2) is 0 Å². The van der Waals surface area contributed by atoms with E-state index in [4.69, 9.17) is 14.7 Å². The van der Waals surface area contributed by atoms with Crippen LogP contribution in [0.2, 0.25) is 0 Å². The predicted octanol–water partition coefficient (Wildman–Crippen LogP) is 3.33. The zero-order chi connectivity index (χ0) is 18.1. The van der Waals surface area contributed by atoms with Crippen LogP contribution in [-0.2, 0) is 21.1 Å². The quantitative estimate of drug-likeness (QED) is 0.768. The molecule has 0 N–H and O–H groups in total. The number of hydrogen-bond donors (Lipinski definition) is 0. The molecule has 1 aliphatic rings. The summed E-state index contributed by atoms with van der Waals surface area (Å²) in [6.07, 6.45) is -5.68. The normalized spacial score (nSPS) is 19.7. The van der Waals surface area contributed by atoms with Crippen molar-refractivity contribution in [2.75, 3.05) is 19.8 Å². The second kappa shape index (κ2) is 6.61. The summed E-state index contributed by atoms with van der Waals surface area (Å²) in [6, 6.07) is 1.24. The predicted molar refractivity (Wildman–Crippen MR) is 72.1 cm³/mol. The summed E-state index contributed by atoms with van der Waals surface area (Å²) in [6.45, 7) is 3.42. The summed E-state index contributed by atoms with van der Waals surface area (Å²) >= 11 is 0. The van der Waals surface area contributed by atoms with Crippen molar-refractivity contribution in [1.82, 2.24) is 4.98 Å². The third kappa shape index (κ3) is 3.35. The molecule has 0 bridgehead atoms. The zero-order valence-electron chi connectivity index (χ0n) is 13.0. The first kappa shape index (κ1) is 18.5. The Labute approximate surface area is 135 Å². The van der Waals surface area contributed by atoms with Gasteiger partial charge in [-0.25, -0.2) is 13.8 Å². The van der Waals surface area contributed by atoms with Gasteiger partial charge in [0.25, 0.3) is 0 Å². The fourth-order valence-corrected chi connectivity index (χ4v) is 2.73. The number of nitrogens with zero attached hydrogens (tertiary/aromatic N) is 2. The second-order valence-corrected chi connectivity index (χ2v) is 5.90. The number of ether oxygens (including phenoxy) is 2. The third-order valence-electron chi connectivity index (χ3n) is 3.97. The van der Waals surface area contributed by atoms with Gasteiger partial charge < -0.3 is 9.47 Å². The summed E-state index contributed by atoms with van der Waals surface area (Å²) in [7, 11) is 0. The molecule has 1 aromatic rings. The molecule has 24 heavy (non-hydrogen) atoms. The van der Waals surface area contributed by atoms with E-state index in [0.717, 1.165) is 0 Å². The summed E-state index contributed by atoms with van der Waals surface area (Å²) in [5.74, 6) is -3.22. The Hall–Kier alpha value is -1.79. The number of halogens is 5. The van der Waals surface area contributed by atoms with E-state index in [1.807, 2.05) is 0 Å². The van der Waals surface area contributed by atoms with E-state index in [9.17, 15) is 22.0 Å². The lowest BCUT2D eigenvalue weighted by Gasteiger charge is -2.34. The van der Waals surface area contributed by atoms with Crippen molar-refractivity contribution in [1.29, 1.82) is 5.26 Å². The van der Waals surface area contributed by atoms with E-state index in [2.05, 4.69) is 4.98 Å². The van der Waals surface area contributed by atoms with Gasteiger partial charge in [0.1, 0.15) is 6.07 Å². The van der Waals surface area contributed by atoms with Gasteiger partial charge in [0.05, 0.1) is 19.3 Å². The van der Waals surface area contributed by atoms with Crippen molar-refractivity contribution in [2.24, 2.45) is 0 Å². The lowest BCUT2D eigenvalue weighted by molar-refractivity contribution is -0.144. The highest BCUT2D eigenvalue weighted by Crippen LogP contribution is 2.40. The van der Waals surface area contributed by atoms with Crippen LogP contribution in [0.3, 0.4) is 0 Å². The van der Waals surface area contributed by atoms with E-state index in [1.165, 1.54) is 19.9 Å². The molecule has 4 nitrogen and oxygen atoms in total. The average Bonchev–Trinajstić information content (AvgIpc) is 2.75. The van der Waals surface area contributed by atoms with Crippen LogP contribution in [-0.4, -0.2) is 30.9 Å². The number of alkyl halides is 3. The Morgan fingerprint density at radius 3 is 2.38 bits per heavy atom. The first-order valence-corrected chi connectivity index (χ1v) is 7.16.